The number of carbonyl (C=O) groups excluding carboxylic acids is 1. The number of hydrogen-bond donors (Lipinski definition) is 2. The van der Waals surface area contributed by atoms with Gasteiger partial charge in [-0.15, -0.1) is 5.10 Å². The molecule has 0 atom stereocenters. The van der Waals surface area contributed by atoms with Gasteiger partial charge in [0.05, 0.1) is 0 Å². The molecule has 0 spiro atoms. The summed E-state index contributed by atoms with van der Waals surface area (Å²) in [6.07, 6.45) is 0. The fraction of sp³-hybridized carbons (Fsp3) is 0.0769. The van der Waals surface area contributed by atoms with E-state index in [1.807, 2.05) is 6.07 Å². The Hall–Kier alpha value is -3.36. The predicted molar refractivity (Wildman–Crippen MR) is 77.0 cm³/mol. The average molecular weight is 297 g/mol. The van der Waals surface area contributed by atoms with E-state index in [1.165, 1.54) is 16.8 Å². The van der Waals surface area contributed by atoms with Gasteiger partial charge in [-0.1, -0.05) is 12.1 Å². The van der Waals surface area contributed by atoms with Crippen molar-refractivity contribution in [3.8, 4) is 11.4 Å². The Morgan fingerprint density at radius 1 is 1.27 bits per heavy atom. The average Bonchev–Trinajstić information content (AvgIpc) is 2.94. The van der Waals surface area contributed by atoms with E-state index in [0.29, 0.717) is 11.5 Å². The Balaban J connectivity index is 1.84. The van der Waals surface area contributed by atoms with Crippen LogP contribution in [-0.2, 0) is 7.05 Å². The number of benzene rings is 1. The van der Waals surface area contributed by atoms with Crippen LogP contribution >= 0.6 is 0 Å². The first-order valence-electron chi connectivity index (χ1n) is 6.33. The second kappa shape index (κ2) is 5.56. The molecule has 0 saturated carbocycles. The maximum Gasteiger partial charge on any atom is 0.276 e. The maximum absolute atomic E-state index is 12.0. The third-order valence-corrected chi connectivity index (χ3v) is 2.91. The Morgan fingerprint density at radius 3 is 2.82 bits per heavy atom. The predicted octanol–water partition coefficient (Wildman–Crippen LogP) is 0.213. The first-order valence-corrected chi connectivity index (χ1v) is 6.33. The molecule has 0 aliphatic heterocycles. The standard InChI is InChI=1S/C13H11N7O2/c1-20-12(17-18-19-20)8-3-2-4-9(7-8)14-13(22)10-5-6-11(21)16-15-10/h2-7H,1H3,(H,14,22)(H,16,21). The molecule has 0 radical (unpaired) electrons. The molecule has 0 aliphatic carbocycles. The molecule has 9 nitrogen and oxygen atoms in total. The lowest BCUT2D eigenvalue weighted by Gasteiger charge is -2.06. The van der Waals surface area contributed by atoms with Crippen LogP contribution in [0.5, 0.6) is 0 Å². The number of aromatic nitrogens is 6. The lowest BCUT2D eigenvalue weighted by atomic mass is 10.2. The van der Waals surface area contributed by atoms with E-state index in [9.17, 15) is 9.59 Å². The largest absolute Gasteiger partial charge is 0.321 e. The first kappa shape index (κ1) is 13.6. The van der Waals surface area contributed by atoms with Crippen molar-refractivity contribution >= 4 is 11.6 Å². The van der Waals surface area contributed by atoms with Gasteiger partial charge in [0.1, 0.15) is 5.69 Å². The van der Waals surface area contributed by atoms with Gasteiger partial charge >= 0.3 is 0 Å². The summed E-state index contributed by atoms with van der Waals surface area (Å²) in [4.78, 5) is 23.0. The smallest absolute Gasteiger partial charge is 0.276 e. The van der Waals surface area contributed by atoms with E-state index in [0.717, 1.165) is 5.56 Å². The van der Waals surface area contributed by atoms with Crippen LogP contribution in [0.3, 0.4) is 0 Å². The minimum atomic E-state index is -0.426. The molecule has 3 aromatic rings. The van der Waals surface area contributed by atoms with Crippen LogP contribution in [0.4, 0.5) is 5.69 Å². The Labute approximate surface area is 124 Å². The minimum Gasteiger partial charge on any atom is -0.321 e. The van der Waals surface area contributed by atoms with Crippen LogP contribution in [0.25, 0.3) is 11.4 Å². The Morgan fingerprint density at radius 2 is 2.14 bits per heavy atom. The van der Waals surface area contributed by atoms with Crippen molar-refractivity contribution in [3.05, 3.63) is 52.4 Å². The quantitative estimate of drug-likeness (QED) is 0.713. The van der Waals surface area contributed by atoms with Crippen molar-refractivity contribution in [3.63, 3.8) is 0 Å². The second-order valence-electron chi connectivity index (χ2n) is 4.47. The highest BCUT2D eigenvalue weighted by Gasteiger charge is 2.10. The molecule has 0 saturated heterocycles. The summed E-state index contributed by atoms with van der Waals surface area (Å²) in [5.74, 6) is 0.155. The van der Waals surface area contributed by atoms with Crippen LogP contribution in [0.2, 0.25) is 0 Å². The minimum absolute atomic E-state index is 0.116. The van der Waals surface area contributed by atoms with Gasteiger partial charge in [-0.2, -0.15) is 5.10 Å². The van der Waals surface area contributed by atoms with E-state index >= 15 is 0 Å². The van der Waals surface area contributed by atoms with Crippen LogP contribution in [0.1, 0.15) is 10.5 Å². The van der Waals surface area contributed by atoms with Gasteiger partial charge in [0, 0.05) is 24.4 Å². The van der Waals surface area contributed by atoms with E-state index in [1.54, 1.807) is 25.2 Å². The van der Waals surface area contributed by atoms with E-state index < -0.39 is 5.91 Å². The normalized spacial score (nSPS) is 10.4. The Kier molecular flexibility index (Phi) is 3.44. The monoisotopic (exact) mass is 297 g/mol. The molecule has 9 heteroatoms. The van der Waals surface area contributed by atoms with Crippen LogP contribution in [-0.4, -0.2) is 36.3 Å². The highest BCUT2D eigenvalue weighted by Crippen LogP contribution is 2.19. The van der Waals surface area contributed by atoms with Gasteiger partial charge in [-0.25, -0.2) is 9.78 Å². The molecule has 3 rings (SSSR count). The lowest BCUT2D eigenvalue weighted by Crippen LogP contribution is -2.17. The van der Waals surface area contributed by atoms with Crippen molar-refractivity contribution in [2.75, 3.05) is 5.32 Å². The van der Waals surface area contributed by atoms with E-state index in [2.05, 4.69) is 31.0 Å². The molecule has 2 N–H and O–H groups in total. The van der Waals surface area contributed by atoms with Gasteiger partial charge in [-0.3, -0.25) is 9.59 Å². The summed E-state index contributed by atoms with van der Waals surface area (Å²) in [7, 11) is 1.73. The molecule has 0 fully saturated rings. The molecular formula is C13H11N7O2. The van der Waals surface area contributed by atoms with Crippen molar-refractivity contribution in [1.29, 1.82) is 0 Å². The fourth-order valence-corrected chi connectivity index (χ4v) is 1.88. The number of H-pyrrole nitrogens is 1. The summed E-state index contributed by atoms with van der Waals surface area (Å²) in [6, 6.07) is 9.68. The highest BCUT2D eigenvalue weighted by atomic mass is 16.2. The number of nitrogens with one attached hydrogen (secondary N) is 2. The second-order valence-corrected chi connectivity index (χ2v) is 4.47. The lowest BCUT2D eigenvalue weighted by molar-refractivity contribution is 0.102. The molecule has 110 valence electrons. The van der Waals surface area contributed by atoms with Gasteiger partial charge in [0.15, 0.2) is 5.82 Å². The summed E-state index contributed by atoms with van der Waals surface area (Å²) in [5, 5.41) is 19.8. The molecule has 2 aromatic heterocycles. The van der Waals surface area contributed by atoms with Crippen LogP contribution in [0, 0.1) is 0 Å². The SMILES string of the molecule is Cn1nnnc1-c1cccc(NC(=O)c2ccc(=O)[nH]n2)c1. The molecule has 1 amide bonds. The number of rotatable bonds is 3. The number of aryl methyl sites for hydroxylation is 1. The molecule has 0 bridgehead atoms. The number of aromatic amines is 1. The third-order valence-electron chi connectivity index (χ3n) is 2.91. The molecule has 22 heavy (non-hydrogen) atoms. The van der Waals surface area contributed by atoms with Crippen molar-refractivity contribution in [1.82, 2.24) is 30.4 Å². The maximum atomic E-state index is 12.0. The highest BCUT2D eigenvalue weighted by molar-refractivity contribution is 6.02. The zero-order valence-electron chi connectivity index (χ0n) is 11.5. The van der Waals surface area contributed by atoms with Crippen molar-refractivity contribution in [2.45, 2.75) is 0 Å². The van der Waals surface area contributed by atoms with E-state index in [4.69, 9.17) is 0 Å². The molecule has 2 heterocycles. The number of amides is 1. The van der Waals surface area contributed by atoms with Gasteiger partial charge in [0.2, 0.25) is 0 Å². The van der Waals surface area contributed by atoms with Crippen LogP contribution < -0.4 is 10.9 Å². The fourth-order valence-electron chi connectivity index (χ4n) is 1.88. The van der Waals surface area contributed by atoms with Crippen molar-refractivity contribution in [2.24, 2.45) is 7.05 Å². The topological polar surface area (TPSA) is 118 Å². The summed E-state index contributed by atoms with van der Waals surface area (Å²) < 4.78 is 1.53. The van der Waals surface area contributed by atoms with Gasteiger partial charge in [-0.05, 0) is 28.6 Å². The van der Waals surface area contributed by atoms with Crippen LogP contribution in [0.15, 0.2) is 41.2 Å². The first-order chi connectivity index (χ1) is 10.6. The summed E-state index contributed by atoms with van der Waals surface area (Å²) >= 11 is 0. The zero-order valence-corrected chi connectivity index (χ0v) is 11.5. The summed E-state index contributed by atoms with van der Waals surface area (Å²) in [5.41, 5.74) is 1.08. The molecule has 1 aromatic carbocycles. The number of carbonyl (C=O) groups is 1. The molecular weight excluding hydrogens is 286 g/mol. The number of hydrogen-bond acceptors (Lipinski definition) is 6. The number of nitrogens with zero attached hydrogens (tertiary/aromatic N) is 5. The summed E-state index contributed by atoms with van der Waals surface area (Å²) in [6.45, 7) is 0. The number of tetrazole rings is 1. The molecule has 0 unspecified atom stereocenters. The third kappa shape index (κ3) is 2.73. The zero-order chi connectivity index (χ0) is 15.5. The Bertz CT molecular complexity index is 863. The number of anilines is 1. The van der Waals surface area contributed by atoms with Gasteiger partial charge < -0.3 is 5.32 Å². The molecule has 0 aliphatic rings. The van der Waals surface area contributed by atoms with Crippen molar-refractivity contribution < 1.29 is 4.79 Å². The van der Waals surface area contributed by atoms with E-state index in [-0.39, 0.29) is 11.3 Å². The van der Waals surface area contributed by atoms with Gasteiger partial charge in [0.25, 0.3) is 11.5 Å².